The number of aryl methyl sites for hydroxylation is 1. The molecule has 2 unspecified atom stereocenters. The van der Waals surface area contributed by atoms with Gasteiger partial charge in [0.05, 0.1) is 31.5 Å². The molecule has 1 heterocycles. The molecule has 0 aromatic heterocycles. The van der Waals surface area contributed by atoms with E-state index in [4.69, 9.17) is 19.9 Å². The number of nitrogens with one attached hydrogen (secondary N) is 2. The lowest BCUT2D eigenvalue weighted by atomic mass is 9.83. The standard InChI is InChI=1S/C33H58N4O6/c1-23(2)26(22-36-32(39)27-10-9-25(5)19-31(27)43-16-8-7-15-41-6)20-29(34)30(38)21-28(24(3)4)33(40)35-11-12-37-13-17-42-18-14-37/h9-10,19,23-24,26,28-30,38H,7-8,11-18,20-22,34H2,1-6H3,(H,35,40)(H,36,39)/t26?,28-,29?,30-/m0/s1. The molecule has 43 heavy (non-hydrogen) atoms. The molecule has 1 aromatic rings. The van der Waals surface area contributed by atoms with E-state index < -0.39 is 12.1 Å². The number of nitrogens with zero attached hydrogens (tertiary/aromatic N) is 1. The number of ether oxygens (including phenoxy) is 3. The Bertz CT molecular complexity index is 953. The Kier molecular flexibility index (Phi) is 17.1. The van der Waals surface area contributed by atoms with Crippen LogP contribution in [-0.2, 0) is 14.3 Å². The van der Waals surface area contributed by atoms with Crippen molar-refractivity contribution in [3.63, 3.8) is 0 Å². The lowest BCUT2D eigenvalue weighted by molar-refractivity contribution is -0.127. The molecule has 0 aliphatic carbocycles. The molecular formula is C33H58N4O6. The van der Waals surface area contributed by atoms with Crippen molar-refractivity contribution >= 4 is 11.8 Å². The highest BCUT2D eigenvalue weighted by Gasteiger charge is 2.30. The molecule has 0 radical (unpaired) electrons. The van der Waals surface area contributed by atoms with Crippen LogP contribution in [0.3, 0.4) is 0 Å². The Morgan fingerprint density at radius 1 is 1.05 bits per heavy atom. The maximum Gasteiger partial charge on any atom is 0.255 e. The number of amides is 2. The van der Waals surface area contributed by atoms with Crippen molar-refractivity contribution in [1.29, 1.82) is 0 Å². The monoisotopic (exact) mass is 606 g/mol. The maximum absolute atomic E-state index is 13.2. The minimum atomic E-state index is -0.829. The van der Waals surface area contributed by atoms with Crippen molar-refractivity contribution in [3.05, 3.63) is 29.3 Å². The van der Waals surface area contributed by atoms with Gasteiger partial charge in [-0.3, -0.25) is 14.5 Å². The number of aliphatic hydroxyl groups excluding tert-OH is 1. The van der Waals surface area contributed by atoms with Crippen LogP contribution in [0.25, 0.3) is 0 Å². The van der Waals surface area contributed by atoms with Crippen molar-refractivity contribution in [2.75, 3.05) is 66.3 Å². The second kappa shape index (κ2) is 19.9. The number of methoxy groups -OCH3 is 1. The summed E-state index contributed by atoms with van der Waals surface area (Å²) in [5.74, 6) is 0.354. The van der Waals surface area contributed by atoms with Gasteiger partial charge in [-0.2, -0.15) is 0 Å². The lowest BCUT2D eigenvalue weighted by Crippen LogP contribution is -2.45. The van der Waals surface area contributed by atoms with Gasteiger partial charge in [0.25, 0.3) is 5.91 Å². The zero-order valence-corrected chi connectivity index (χ0v) is 27.4. The largest absolute Gasteiger partial charge is 0.493 e. The first-order chi connectivity index (χ1) is 20.5. The number of hydrogen-bond acceptors (Lipinski definition) is 8. The Hall–Kier alpha value is -2.24. The fourth-order valence-electron chi connectivity index (χ4n) is 5.29. The second-order valence-corrected chi connectivity index (χ2v) is 12.6. The van der Waals surface area contributed by atoms with E-state index in [2.05, 4.69) is 29.4 Å². The highest BCUT2D eigenvalue weighted by atomic mass is 16.5. The average Bonchev–Trinajstić information content (AvgIpc) is 2.97. The summed E-state index contributed by atoms with van der Waals surface area (Å²) in [7, 11) is 1.68. The molecular weight excluding hydrogens is 548 g/mol. The van der Waals surface area contributed by atoms with Crippen molar-refractivity contribution in [2.24, 2.45) is 29.4 Å². The predicted molar refractivity (Wildman–Crippen MR) is 170 cm³/mol. The van der Waals surface area contributed by atoms with Gasteiger partial charge in [-0.1, -0.05) is 33.8 Å². The number of morpholine rings is 1. The molecule has 0 spiro atoms. The third-order valence-electron chi connectivity index (χ3n) is 8.39. The summed E-state index contributed by atoms with van der Waals surface area (Å²) in [6.07, 6.45) is 1.73. The number of unbranched alkanes of at least 4 members (excludes halogenated alkanes) is 1. The van der Waals surface area contributed by atoms with Gasteiger partial charge in [-0.15, -0.1) is 0 Å². The Morgan fingerprint density at radius 2 is 1.74 bits per heavy atom. The number of hydrogen-bond donors (Lipinski definition) is 4. The molecule has 10 heteroatoms. The maximum atomic E-state index is 13.2. The van der Waals surface area contributed by atoms with Crippen LogP contribution < -0.4 is 21.1 Å². The van der Waals surface area contributed by atoms with Gasteiger partial charge in [0.1, 0.15) is 5.75 Å². The molecule has 10 nitrogen and oxygen atoms in total. The van der Waals surface area contributed by atoms with Crippen LogP contribution in [0, 0.1) is 30.6 Å². The molecule has 1 fully saturated rings. The summed E-state index contributed by atoms with van der Waals surface area (Å²) in [5.41, 5.74) is 8.03. The number of carbonyl (C=O) groups excluding carboxylic acids is 2. The normalized spacial score (nSPS) is 17.0. The van der Waals surface area contributed by atoms with E-state index in [0.29, 0.717) is 50.5 Å². The van der Waals surface area contributed by atoms with Crippen LogP contribution in [0.5, 0.6) is 5.75 Å². The molecule has 0 bridgehead atoms. The summed E-state index contributed by atoms with van der Waals surface area (Å²) < 4.78 is 16.4. The van der Waals surface area contributed by atoms with E-state index in [1.807, 2.05) is 32.9 Å². The SMILES string of the molecule is COCCCCOc1cc(C)ccc1C(=O)NCC(CC(N)[C@@H](O)C[C@H](C(=O)NCCN1CCOCC1)C(C)C)C(C)C. The van der Waals surface area contributed by atoms with E-state index in [1.165, 1.54) is 0 Å². The summed E-state index contributed by atoms with van der Waals surface area (Å²) in [6, 6.07) is 5.08. The fourth-order valence-corrected chi connectivity index (χ4v) is 5.29. The average molecular weight is 607 g/mol. The quantitative estimate of drug-likeness (QED) is 0.167. The van der Waals surface area contributed by atoms with Gasteiger partial charge in [0.15, 0.2) is 0 Å². The fraction of sp³-hybridized carbons (Fsp3) is 0.758. The molecule has 2 amide bonds. The molecule has 0 saturated carbocycles. The molecule has 5 N–H and O–H groups in total. The van der Waals surface area contributed by atoms with Crippen molar-refractivity contribution in [3.8, 4) is 5.75 Å². The molecule has 2 rings (SSSR count). The summed E-state index contributed by atoms with van der Waals surface area (Å²) in [6.45, 7) is 16.3. The van der Waals surface area contributed by atoms with Crippen LogP contribution in [-0.4, -0.2) is 100 Å². The number of nitrogens with two attached hydrogens (primary N) is 1. The van der Waals surface area contributed by atoms with E-state index >= 15 is 0 Å². The number of rotatable bonds is 20. The zero-order valence-electron chi connectivity index (χ0n) is 27.4. The van der Waals surface area contributed by atoms with Gasteiger partial charge in [0.2, 0.25) is 5.91 Å². The molecule has 246 valence electrons. The topological polar surface area (TPSA) is 135 Å². The van der Waals surface area contributed by atoms with Crippen LogP contribution >= 0.6 is 0 Å². The van der Waals surface area contributed by atoms with Crippen LogP contribution in [0.1, 0.15) is 69.3 Å². The van der Waals surface area contributed by atoms with Crippen molar-refractivity contribution < 1.29 is 28.9 Å². The number of carbonyl (C=O) groups is 2. The smallest absolute Gasteiger partial charge is 0.255 e. The predicted octanol–water partition coefficient (Wildman–Crippen LogP) is 2.99. The summed E-state index contributed by atoms with van der Waals surface area (Å²) >= 11 is 0. The number of aliphatic hydroxyl groups is 1. The first-order valence-corrected chi connectivity index (χ1v) is 16.0. The van der Waals surface area contributed by atoms with Crippen LogP contribution in [0.15, 0.2) is 18.2 Å². The van der Waals surface area contributed by atoms with Gasteiger partial charge in [-0.05, 0) is 68.1 Å². The highest BCUT2D eigenvalue weighted by molar-refractivity contribution is 5.97. The Labute approximate surface area is 259 Å². The highest BCUT2D eigenvalue weighted by Crippen LogP contribution is 2.24. The van der Waals surface area contributed by atoms with Crippen LogP contribution in [0.2, 0.25) is 0 Å². The van der Waals surface area contributed by atoms with E-state index in [0.717, 1.165) is 51.3 Å². The van der Waals surface area contributed by atoms with Crippen molar-refractivity contribution in [1.82, 2.24) is 15.5 Å². The van der Waals surface area contributed by atoms with Gasteiger partial charge in [-0.25, -0.2) is 0 Å². The number of benzene rings is 1. The van der Waals surface area contributed by atoms with Crippen molar-refractivity contribution in [2.45, 2.75) is 72.4 Å². The zero-order chi connectivity index (χ0) is 31.8. The van der Waals surface area contributed by atoms with Gasteiger partial charge in [0, 0.05) is 58.4 Å². The second-order valence-electron chi connectivity index (χ2n) is 12.6. The summed E-state index contributed by atoms with van der Waals surface area (Å²) in [5, 5.41) is 17.2. The van der Waals surface area contributed by atoms with E-state index in [-0.39, 0.29) is 35.5 Å². The molecule has 1 saturated heterocycles. The van der Waals surface area contributed by atoms with E-state index in [1.54, 1.807) is 13.2 Å². The minimum absolute atomic E-state index is 0.0444. The molecule has 1 aliphatic heterocycles. The lowest BCUT2D eigenvalue weighted by Gasteiger charge is -2.30. The van der Waals surface area contributed by atoms with Gasteiger partial charge < -0.3 is 35.7 Å². The Balaban J connectivity index is 1.90. The third kappa shape index (κ3) is 13.5. The molecule has 4 atom stereocenters. The van der Waals surface area contributed by atoms with E-state index in [9.17, 15) is 14.7 Å². The van der Waals surface area contributed by atoms with Gasteiger partial charge >= 0.3 is 0 Å². The molecule has 1 aromatic carbocycles. The molecule has 1 aliphatic rings. The Morgan fingerprint density at radius 3 is 2.40 bits per heavy atom. The summed E-state index contributed by atoms with van der Waals surface area (Å²) in [4.78, 5) is 28.5. The van der Waals surface area contributed by atoms with Crippen LogP contribution in [0.4, 0.5) is 0 Å². The first-order valence-electron chi connectivity index (χ1n) is 16.0. The third-order valence-corrected chi connectivity index (χ3v) is 8.39. The first kappa shape index (κ1) is 36.9. The minimum Gasteiger partial charge on any atom is -0.493 e.